The Morgan fingerprint density at radius 3 is 1.91 bits per heavy atom. The number of halogens is 2. The highest BCUT2D eigenvalue weighted by Crippen LogP contribution is 2.31. The van der Waals surface area contributed by atoms with E-state index in [9.17, 15) is 9.59 Å². The molecule has 3 N–H and O–H groups in total. The van der Waals surface area contributed by atoms with E-state index in [1.54, 1.807) is 18.2 Å². The second kappa shape index (κ2) is 14.7. The number of rotatable bonds is 9. The molecule has 7 rings (SSSR count). The molecule has 4 aromatic carbocycles. The first-order valence-corrected chi connectivity index (χ1v) is 15.4. The number of nitrogens with one attached hydrogen (secondary N) is 3. The molecule has 0 saturated heterocycles. The number of aromatic nitrogens is 3. The molecule has 0 aliphatic carbocycles. The van der Waals surface area contributed by atoms with Crippen LogP contribution in [0.1, 0.15) is 21.5 Å². The van der Waals surface area contributed by atoms with Crippen molar-refractivity contribution >= 4 is 62.4 Å². The van der Waals surface area contributed by atoms with Gasteiger partial charge in [0, 0.05) is 35.6 Å². The van der Waals surface area contributed by atoms with Crippen LogP contribution in [0.4, 0.5) is 5.69 Å². The zero-order valence-electron chi connectivity index (χ0n) is 24.9. The molecule has 0 radical (unpaired) electrons. The zero-order chi connectivity index (χ0) is 32.6. The normalized spacial score (nSPS) is 10.7. The van der Waals surface area contributed by atoms with Crippen LogP contribution in [0.15, 0.2) is 128 Å². The number of fused-ring (bicyclic) bond motifs is 2. The fourth-order valence-electron chi connectivity index (χ4n) is 4.91. The topological polar surface area (TPSA) is 109 Å². The lowest BCUT2D eigenvalue weighted by molar-refractivity contribution is -0.112. The molecule has 0 aliphatic heterocycles. The van der Waals surface area contributed by atoms with Crippen molar-refractivity contribution in [3.8, 4) is 11.5 Å². The van der Waals surface area contributed by atoms with Crippen LogP contribution < -0.4 is 14.8 Å². The highest BCUT2D eigenvalue weighted by Gasteiger charge is 2.23. The Balaban J connectivity index is 0.000000191. The Kier molecular flexibility index (Phi) is 9.81. The molecule has 0 spiro atoms. The van der Waals surface area contributed by atoms with Crippen molar-refractivity contribution in [3.63, 3.8) is 0 Å². The van der Waals surface area contributed by atoms with Crippen LogP contribution in [0.5, 0.6) is 11.5 Å². The molecule has 10 heteroatoms. The van der Waals surface area contributed by atoms with Crippen molar-refractivity contribution in [3.05, 3.63) is 155 Å². The fourth-order valence-corrected chi connectivity index (χ4v) is 5.36. The van der Waals surface area contributed by atoms with Crippen LogP contribution in [-0.2, 0) is 18.0 Å². The molecule has 3 aromatic heterocycles. The molecular weight excluding hydrogens is 635 g/mol. The third kappa shape index (κ3) is 7.47. The average molecular weight is 664 g/mol. The monoisotopic (exact) mass is 662 g/mol. The smallest absolute Gasteiger partial charge is 0.296 e. The predicted octanol–water partition coefficient (Wildman–Crippen LogP) is 9.02. The number of H-pyrrole nitrogens is 2. The van der Waals surface area contributed by atoms with Gasteiger partial charge in [-0.2, -0.15) is 0 Å². The average Bonchev–Trinajstić information content (AvgIpc) is 3.77. The van der Waals surface area contributed by atoms with Gasteiger partial charge in [0.25, 0.3) is 11.7 Å². The van der Waals surface area contributed by atoms with E-state index in [1.165, 1.54) is 29.5 Å². The zero-order valence-corrected chi connectivity index (χ0v) is 26.4. The minimum Gasteiger partial charge on any atom is -0.487 e. The molecular formula is C37H28Cl2N4O4. The number of nitrogens with zero attached hydrogens (tertiary/aromatic N) is 1. The molecule has 47 heavy (non-hydrogen) atoms. The number of pyridine rings is 1. The first kappa shape index (κ1) is 31.4. The molecule has 3 heterocycles. The maximum Gasteiger partial charge on any atom is 0.296 e. The standard InChI is InChI=1S/C22H15Cl2N3O3.C15H13NO/c23-16-10-25-11-17(24)20(16)27-22(29)21(28)15-9-26-19-14(15)7-4-8-18(19)30-12-13-5-2-1-3-6-13;1-2-5-12(6-3-1)11-17-14-8-4-7-13-9-10-16-15(13)14/h1-11,26H,12H2,(H,25,27,29);1-10,16H,11H2. The molecule has 0 saturated carbocycles. The van der Waals surface area contributed by atoms with Gasteiger partial charge in [0.1, 0.15) is 24.7 Å². The lowest BCUT2D eigenvalue weighted by atomic mass is 10.1. The Bertz CT molecular complexity index is 2130. The third-order valence-corrected chi connectivity index (χ3v) is 7.82. The molecule has 8 nitrogen and oxygen atoms in total. The second-order valence-electron chi connectivity index (χ2n) is 10.4. The van der Waals surface area contributed by atoms with Crippen molar-refractivity contribution in [2.24, 2.45) is 0 Å². The molecule has 7 aromatic rings. The summed E-state index contributed by atoms with van der Waals surface area (Å²) in [6, 6.07) is 33.3. The van der Waals surface area contributed by atoms with E-state index >= 15 is 0 Å². The summed E-state index contributed by atoms with van der Waals surface area (Å²) in [7, 11) is 0. The summed E-state index contributed by atoms with van der Waals surface area (Å²) < 4.78 is 11.7. The number of carbonyl (C=O) groups excluding carboxylic acids is 2. The van der Waals surface area contributed by atoms with Gasteiger partial charge >= 0.3 is 0 Å². The van der Waals surface area contributed by atoms with E-state index < -0.39 is 11.7 Å². The van der Waals surface area contributed by atoms with E-state index in [2.05, 4.69) is 38.5 Å². The number of ether oxygens (including phenoxy) is 2. The molecule has 0 unspecified atom stereocenters. The molecule has 0 atom stereocenters. The van der Waals surface area contributed by atoms with Crippen molar-refractivity contribution in [1.29, 1.82) is 0 Å². The summed E-state index contributed by atoms with van der Waals surface area (Å²) in [5.41, 5.74) is 4.24. The van der Waals surface area contributed by atoms with Gasteiger partial charge in [0.15, 0.2) is 0 Å². The molecule has 0 bridgehead atoms. The number of hydrogen-bond donors (Lipinski definition) is 3. The second-order valence-corrected chi connectivity index (χ2v) is 11.2. The summed E-state index contributed by atoms with van der Waals surface area (Å²) in [6.07, 6.45) is 6.07. The maximum atomic E-state index is 12.8. The van der Waals surface area contributed by atoms with Crippen molar-refractivity contribution in [2.45, 2.75) is 13.2 Å². The lowest BCUT2D eigenvalue weighted by Gasteiger charge is -2.08. The van der Waals surface area contributed by atoms with Gasteiger partial charge in [-0.25, -0.2) is 0 Å². The van der Waals surface area contributed by atoms with Crippen LogP contribution in [0, 0.1) is 0 Å². The number of ketones is 1. The highest BCUT2D eigenvalue weighted by atomic mass is 35.5. The molecule has 234 valence electrons. The predicted molar refractivity (Wildman–Crippen MR) is 185 cm³/mol. The maximum absolute atomic E-state index is 12.8. The summed E-state index contributed by atoms with van der Waals surface area (Å²) in [6.45, 7) is 0.973. The number of Topliss-reactive ketones (excluding diaryl/α,β-unsaturated/α-hetero) is 1. The SMILES string of the molecule is O=C(Nc1c(Cl)cncc1Cl)C(=O)c1c[nH]c2c(OCc3ccccc3)cccc12.c1ccc(COc2cccc3cc[nH]c23)cc1. The lowest BCUT2D eigenvalue weighted by Crippen LogP contribution is -2.23. The first-order valence-electron chi connectivity index (χ1n) is 14.6. The summed E-state index contributed by atoms with van der Waals surface area (Å²) in [5.74, 6) is -0.112. The van der Waals surface area contributed by atoms with Gasteiger partial charge in [-0.05, 0) is 29.3 Å². The van der Waals surface area contributed by atoms with Crippen molar-refractivity contribution < 1.29 is 19.1 Å². The number of anilines is 1. The van der Waals surface area contributed by atoms with Crippen LogP contribution in [0.3, 0.4) is 0 Å². The third-order valence-electron chi connectivity index (χ3n) is 7.24. The van der Waals surface area contributed by atoms with Crippen LogP contribution >= 0.6 is 23.2 Å². The summed E-state index contributed by atoms with van der Waals surface area (Å²) >= 11 is 12.0. The number of aromatic amines is 2. The van der Waals surface area contributed by atoms with Crippen LogP contribution in [0.25, 0.3) is 21.8 Å². The summed E-state index contributed by atoms with van der Waals surface area (Å²) in [4.78, 5) is 35.3. The Labute approximate surface area is 280 Å². The summed E-state index contributed by atoms with van der Waals surface area (Å²) in [5, 5.41) is 4.48. The minimum absolute atomic E-state index is 0.137. The van der Waals surface area contributed by atoms with Crippen molar-refractivity contribution in [1.82, 2.24) is 15.0 Å². The highest BCUT2D eigenvalue weighted by molar-refractivity contribution is 6.50. The first-order chi connectivity index (χ1) is 23.0. The largest absolute Gasteiger partial charge is 0.487 e. The Morgan fingerprint density at radius 1 is 0.681 bits per heavy atom. The molecule has 0 fully saturated rings. The Hall–Kier alpha value is -5.57. The van der Waals surface area contributed by atoms with E-state index in [0.29, 0.717) is 29.9 Å². The molecule has 1 amide bonds. The number of para-hydroxylation sites is 2. The van der Waals surface area contributed by atoms with Crippen LogP contribution in [0.2, 0.25) is 10.0 Å². The van der Waals surface area contributed by atoms with Gasteiger partial charge in [0.2, 0.25) is 0 Å². The van der Waals surface area contributed by atoms with Gasteiger partial charge in [0.05, 0.1) is 32.3 Å². The van der Waals surface area contributed by atoms with Gasteiger partial charge in [-0.15, -0.1) is 0 Å². The van der Waals surface area contributed by atoms with E-state index in [4.69, 9.17) is 32.7 Å². The number of hydrogen-bond acceptors (Lipinski definition) is 5. The molecule has 0 aliphatic rings. The Morgan fingerprint density at radius 2 is 1.28 bits per heavy atom. The minimum atomic E-state index is -0.860. The van der Waals surface area contributed by atoms with Crippen LogP contribution in [-0.4, -0.2) is 26.6 Å². The van der Waals surface area contributed by atoms with E-state index in [1.807, 2.05) is 72.9 Å². The number of benzene rings is 4. The number of carbonyl (C=O) groups is 2. The van der Waals surface area contributed by atoms with Gasteiger partial charge in [-0.1, -0.05) is 108 Å². The van der Waals surface area contributed by atoms with E-state index in [-0.39, 0.29) is 21.3 Å². The van der Waals surface area contributed by atoms with E-state index in [0.717, 1.165) is 16.8 Å². The van der Waals surface area contributed by atoms with Gasteiger partial charge in [-0.3, -0.25) is 14.6 Å². The fraction of sp³-hybridized carbons (Fsp3) is 0.0541. The van der Waals surface area contributed by atoms with Crippen molar-refractivity contribution in [2.75, 3.05) is 5.32 Å². The number of amides is 1. The quantitative estimate of drug-likeness (QED) is 0.106. The van der Waals surface area contributed by atoms with Gasteiger partial charge < -0.3 is 24.8 Å².